The molecule has 0 aromatic rings. The fourth-order valence-electron chi connectivity index (χ4n) is 2.54. The van der Waals surface area contributed by atoms with Crippen LogP contribution in [0.3, 0.4) is 0 Å². The molecule has 3 nitrogen and oxygen atoms in total. The summed E-state index contributed by atoms with van der Waals surface area (Å²) in [6.07, 6.45) is 7.21. The van der Waals surface area contributed by atoms with E-state index in [0.29, 0.717) is 12.1 Å². The second-order valence-electron chi connectivity index (χ2n) is 6.00. The molecule has 0 aliphatic heterocycles. The molecule has 104 valence electrons. The zero-order valence-electron chi connectivity index (χ0n) is 12.2. The van der Waals surface area contributed by atoms with Crippen LogP contribution in [-0.2, 0) is 4.74 Å². The van der Waals surface area contributed by atoms with Crippen molar-refractivity contribution in [3.63, 3.8) is 0 Å². The highest BCUT2D eigenvalue weighted by atomic mass is 16.5. The number of rotatable bonds is 7. The third-order valence-corrected chi connectivity index (χ3v) is 3.77. The summed E-state index contributed by atoms with van der Waals surface area (Å²) in [6.45, 7) is 8.03. The summed E-state index contributed by atoms with van der Waals surface area (Å²) in [5.41, 5.74) is -0.202. The van der Waals surface area contributed by atoms with Crippen LogP contribution in [-0.4, -0.2) is 25.3 Å². The number of hydrogen-bond donors (Lipinski definition) is 1. The SMILES string of the molecule is CCNC1CCC(OCCCC(C)(C)C#N)CC1. The zero-order valence-corrected chi connectivity index (χ0v) is 12.2. The van der Waals surface area contributed by atoms with E-state index in [1.54, 1.807) is 0 Å². The van der Waals surface area contributed by atoms with E-state index in [1.165, 1.54) is 25.7 Å². The van der Waals surface area contributed by atoms with Crippen molar-refractivity contribution < 1.29 is 4.74 Å². The van der Waals surface area contributed by atoms with E-state index < -0.39 is 0 Å². The Morgan fingerprint density at radius 2 is 1.94 bits per heavy atom. The maximum absolute atomic E-state index is 8.92. The van der Waals surface area contributed by atoms with Gasteiger partial charge in [0.1, 0.15) is 0 Å². The molecule has 1 fully saturated rings. The monoisotopic (exact) mass is 252 g/mol. The van der Waals surface area contributed by atoms with E-state index in [-0.39, 0.29) is 5.41 Å². The third-order valence-electron chi connectivity index (χ3n) is 3.77. The van der Waals surface area contributed by atoms with E-state index >= 15 is 0 Å². The van der Waals surface area contributed by atoms with Crippen LogP contribution in [0, 0.1) is 16.7 Å². The minimum Gasteiger partial charge on any atom is -0.378 e. The van der Waals surface area contributed by atoms with Crippen LogP contribution in [0.4, 0.5) is 0 Å². The summed E-state index contributed by atoms with van der Waals surface area (Å²) in [5, 5.41) is 12.4. The molecule has 0 heterocycles. The van der Waals surface area contributed by atoms with Crippen LogP contribution in [0.1, 0.15) is 59.3 Å². The third kappa shape index (κ3) is 5.84. The molecule has 0 atom stereocenters. The Morgan fingerprint density at radius 3 is 2.50 bits per heavy atom. The standard InChI is InChI=1S/C15H28N2O/c1-4-17-13-6-8-14(9-7-13)18-11-5-10-15(2,3)12-16/h13-14,17H,4-11H2,1-3H3. The molecule has 1 rings (SSSR count). The van der Waals surface area contributed by atoms with Crippen molar-refractivity contribution in [3.8, 4) is 6.07 Å². The molecule has 0 saturated heterocycles. The summed E-state index contributed by atoms with van der Waals surface area (Å²) in [4.78, 5) is 0. The molecule has 0 amide bonds. The second-order valence-corrected chi connectivity index (χ2v) is 6.00. The molecule has 0 spiro atoms. The molecule has 0 unspecified atom stereocenters. The zero-order chi connectivity index (χ0) is 13.4. The fourth-order valence-corrected chi connectivity index (χ4v) is 2.54. The van der Waals surface area contributed by atoms with Crippen molar-refractivity contribution in [2.45, 2.75) is 71.4 Å². The predicted molar refractivity (Wildman–Crippen MR) is 74.3 cm³/mol. The van der Waals surface area contributed by atoms with Crippen molar-refractivity contribution in [2.75, 3.05) is 13.2 Å². The molecular weight excluding hydrogens is 224 g/mol. The first-order valence-electron chi connectivity index (χ1n) is 7.33. The van der Waals surface area contributed by atoms with Crippen LogP contribution >= 0.6 is 0 Å². The molecule has 18 heavy (non-hydrogen) atoms. The quantitative estimate of drug-likeness (QED) is 0.707. The molecule has 0 aromatic carbocycles. The van der Waals surface area contributed by atoms with Gasteiger partial charge in [-0.2, -0.15) is 5.26 Å². The average Bonchev–Trinajstić information content (AvgIpc) is 2.37. The van der Waals surface area contributed by atoms with E-state index in [2.05, 4.69) is 18.3 Å². The van der Waals surface area contributed by atoms with Gasteiger partial charge in [-0.3, -0.25) is 0 Å². The lowest BCUT2D eigenvalue weighted by molar-refractivity contribution is 0.0187. The molecular formula is C15H28N2O. The van der Waals surface area contributed by atoms with Gasteiger partial charge >= 0.3 is 0 Å². The Hall–Kier alpha value is -0.590. The first-order valence-corrected chi connectivity index (χ1v) is 7.33. The lowest BCUT2D eigenvalue weighted by Crippen LogP contribution is -2.35. The molecule has 0 aromatic heterocycles. The van der Waals surface area contributed by atoms with Gasteiger partial charge in [0.25, 0.3) is 0 Å². The molecule has 3 heteroatoms. The summed E-state index contributed by atoms with van der Waals surface area (Å²) in [6, 6.07) is 3.04. The van der Waals surface area contributed by atoms with Crippen molar-refractivity contribution in [3.05, 3.63) is 0 Å². The van der Waals surface area contributed by atoms with Gasteiger partial charge in [0.2, 0.25) is 0 Å². The molecule has 1 aliphatic rings. The number of nitrogens with one attached hydrogen (secondary N) is 1. The molecule has 1 aliphatic carbocycles. The van der Waals surface area contributed by atoms with Crippen molar-refractivity contribution in [1.82, 2.24) is 5.32 Å². The largest absolute Gasteiger partial charge is 0.378 e. The highest BCUT2D eigenvalue weighted by Crippen LogP contribution is 2.23. The van der Waals surface area contributed by atoms with Crippen LogP contribution in [0.2, 0.25) is 0 Å². The normalized spacial score (nSPS) is 24.8. The van der Waals surface area contributed by atoms with Gasteiger partial charge in [0.15, 0.2) is 0 Å². The van der Waals surface area contributed by atoms with Gasteiger partial charge in [-0.1, -0.05) is 6.92 Å². The molecule has 1 N–H and O–H groups in total. The van der Waals surface area contributed by atoms with E-state index in [9.17, 15) is 0 Å². The van der Waals surface area contributed by atoms with Gasteiger partial charge < -0.3 is 10.1 Å². The van der Waals surface area contributed by atoms with Crippen molar-refractivity contribution in [1.29, 1.82) is 5.26 Å². The Morgan fingerprint density at radius 1 is 1.28 bits per heavy atom. The van der Waals surface area contributed by atoms with Gasteiger partial charge in [-0.05, 0) is 58.9 Å². The lowest BCUT2D eigenvalue weighted by Gasteiger charge is -2.29. The smallest absolute Gasteiger partial charge is 0.0683 e. The molecule has 0 bridgehead atoms. The van der Waals surface area contributed by atoms with Gasteiger partial charge in [0.05, 0.1) is 17.6 Å². The average molecular weight is 252 g/mol. The highest BCUT2D eigenvalue weighted by Gasteiger charge is 2.21. The molecule has 1 saturated carbocycles. The Balaban J connectivity index is 2.06. The fraction of sp³-hybridized carbons (Fsp3) is 0.933. The topological polar surface area (TPSA) is 45.0 Å². The Labute approximate surface area is 112 Å². The maximum Gasteiger partial charge on any atom is 0.0683 e. The summed E-state index contributed by atoms with van der Waals surface area (Å²) < 4.78 is 5.91. The maximum atomic E-state index is 8.92. The van der Waals surface area contributed by atoms with Crippen LogP contribution in [0.15, 0.2) is 0 Å². The van der Waals surface area contributed by atoms with Gasteiger partial charge in [-0.25, -0.2) is 0 Å². The first kappa shape index (κ1) is 15.5. The Bertz CT molecular complexity index is 262. The Kier molecular flexibility index (Phi) is 6.67. The second kappa shape index (κ2) is 7.76. The number of ether oxygens (including phenoxy) is 1. The van der Waals surface area contributed by atoms with Crippen LogP contribution in [0.5, 0.6) is 0 Å². The summed E-state index contributed by atoms with van der Waals surface area (Å²) in [5.74, 6) is 0. The lowest BCUT2D eigenvalue weighted by atomic mass is 9.90. The van der Waals surface area contributed by atoms with Crippen molar-refractivity contribution >= 4 is 0 Å². The van der Waals surface area contributed by atoms with E-state index in [1.807, 2.05) is 13.8 Å². The molecule has 0 radical (unpaired) electrons. The minimum atomic E-state index is -0.202. The van der Waals surface area contributed by atoms with Gasteiger partial charge in [0, 0.05) is 12.6 Å². The number of nitrogens with zero attached hydrogens (tertiary/aromatic N) is 1. The minimum absolute atomic E-state index is 0.202. The van der Waals surface area contributed by atoms with Crippen molar-refractivity contribution in [2.24, 2.45) is 5.41 Å². The predicted octanol–water partition coefficient (Wildman–Crippen LogP) is 3.25. The van der Waals surface area contributed by atoms with E-state index in [4.69, 9.17) is 10.00 Å². The first-order chi connectivity index (χ1) is 8.57. The van der Waals surface area contributed by atoms with Crippen LogP contribution in [0.25, 0.3) is 0 Å². The number of hydrogen-bond acceptors (Lipinski definition) is 3. The summed E-state index contributed by atoms with van der Waals surface area (Å²) in [7, 11) is 0. The number of nitriles is 1. The highest BCUT2D eigenvalue weighted by molar-refractivity contribution is 4.91. The van der Waals surface area contributed by atoms with Crippen LogP contribution < -0.4 is 5.32 Å². The summed E-state index contributed by atoms with van der Waals surface area (Å²) >= 11 is 0. The van der Waals surface area contributed by atoms with E-state index in [0.717, 1.165) is 26.0 Å². The van der Waals surface area contributed by atoms with Gasteiger partial charge in [-0.15, -0.1) is 0 Å².